The van der Waals surface area contributed by atoms with Crippen LogP contribution >= 0.6 is 11.3 Å². The maximum Gasteiger partial charge on any atom is 0.405 e. The average Bonchev–Trinajstić information content (AvgIpc) is 2.90. The molecule has 0 unspecified atom stereocenters. The molecule has 1 fully saturated rings. The van der Waals surface area contributed by atoms with E-state index in [0.717, 1.165) is 24.2 Å². The van der Waals surface area contributed by atoms with Gasteiger partial charge in [-0.3, -0.25) is 0 Å². The fourth-order valence-electron chi connectivity index (χ4n) is 1.56. The van der Waals surface area contributed by atoms with Crippen molar-refractivity contribution in [2.24, 2.45) is 0 Å². The van der Waals surface area contributed by atoms with Crippen LogP contribution in [-0.2, 0) is 0 Å². The quantitative estimate of drug-likeness (QED) is 0.909. The van der Waals surface area contributed by atoms with Crippen molar-refractivity contribution in [1.29, 1.82) is 0 Å². The van der Waals surface area contributed by atoms with Crippen molar-refractivity contribution >= 4 is 22.3 Å². The Morgan fingerprint density at radius 1 is 1.47 bits per heavy atom. The Hall–Kier alpha value is -1.24. The van der Waals surface area contributed by atoms with Gasteiger partial charge in [-0.2, -0.15) is 13.2 Å². The number of aromatic carboxylic acids is 1. The van der Waals surface area contributed by atoms with Gasteiger partial charge < -0.3 is 10.0 Å². The van der Waals surface area contributed by atoms with Crippen molar-refractivity contribution in [1.82, 2.24) is 0 Å². The van der Waals surface area contributed by atoms with E-state index in [1.54, 1.807) is 0 Å². The third-order valence-corrected chi connectivity index (χ3v) is 3.53. The number of alkyl halides is 3. The highest BCUT2D eigenvalue weighted by Crippen LogP contribution is 2.37. The van der Waals surface area contributed by atoms with E-state index in [1.807, 2.05) is 0 Å². The average molecular weight is 265 g/mol. The molecule has 1 aromatic rings. The SMILES string of the molecule is O=C(O)c1ccc(N(CC(F)(F)F)C2CC2)s1. The number of nitrogens with zero attached hydrogens (tertiary/aromatic N) is 1. The topological polar surface area (TPSA) is 40.5 Å². The van der Waals surface area contributed by atoms with E-state index in [-0.39, 0.29) is 10.9 Å². The Balaban J connectivity index is 2.17. The van der Waals surface area contributed by atoms with Gasteiger partial charge in [-0.25, -0.2) is 4.79 Å². The first-order valence-electron chi connectivity index (χ1n) is 5.03. The molecule has 1 aliphatic rings. The summed E-state index contributed by atoms with van der Waals surface area (Å²) in [6, 6.07) is 2.68. The molecule has 0 amide bonds. The summed E-state index contributed by atoms with van der Waals surface area (Å²) in [6.45, 7) is -1.02. The predicted octanol–water partition coefficient (Wildman–Crippen LogP) is 2.98. The molecule has 1 saturated carbocycles. The zero-order valence-electron chi connectivity index (χ0n) is 8.70. The molecule has 1 heterocycles. The van der Waals surface area contributed by atoms with E-state index in [0.29, 0.717) is 5.00 Å². The number of rotatable bonds is 4. The van der Waals surface area contributed by atoms with Crippen LogP contribution in [0.2, 0.25) is 0 Å². The molecule has 1 aliphatic carbocycles. The molecular formula is C10H10F3NO2S. The highest BCUT2D eigenvalue weighted by atomic mass is 32.1. The summed E-state index contributed by atoms with van der Waals surface area (Å²) in [5, 5.41) is 9.11. The lowest BCUT2D eigenvalue weighted by molar-refractivity contribution is -0.119. The van der Waals surface area contributed by atoms with Gasteiger partial charge in [-0.15, -0.1) is 11.3 Å². The third kappa shape index (κ3) is 3.12. The van der Waals surface area contributed by atoms with Gasteiger partial charge in [0.25, 0.3) is 0 Å². The molecular weight excluding hydrogens is 255 g/mol. The summed E-state index contributed by atoms with van der Waals surface area (Å²) < 4.78 is 37.2. The summed E-state index contributed by atoms with van der Waals surface area (Å²) >= 11 is 0.884. The lowest BCUT2D eigenvalue weighted by atomic mass is 10.4. The zero-order valence-corrected chi connectivity index (χ0v) is 9.51. The Morgan fingerprint density at radius 3 is 2.53 bits per heavy atom. The molecule has 0 aliphatic heterocycles. The number of anilines is 1. The molecule has 0 aromatic carbocycles. The number of carboxylic acid groups (broad SMARTS) is 1. The van der Waals surface area contributed by atoms with Crippen LogP contribution in [0.1, 0.15) is 22.5 Å². The van der Waals surface area contributed by atoms with Gasteiger partial charge >= 0.3 is 12.1 Å². The van der Waals surface area contributed by atoms with Gasteiger partial charge in [0.2, 0.25) is 0 Å². The van der Waals surface area contributed by atoms with E-state index >= 15 is 0 Å². The van der Waals surface area contributed by atoms with Crippen molar-refractivity contribution in [3.8, 4) is 0 Å². The van der Waals surface area contributed by atoms with E-state index < -0.39 is 18.7 Å². The molecule has 1 aromatic heterocycles. The van der Waals surface area contributed by atoms with Gasteiger partial charge in [-0.05, 0) is 25.0 Å². The second-order valence-electron chi connectivity index (χ2n) is 3.92. The lowest BCUT2D eigenvalue weighted by Crippen LogP contribution is -2.35. The summed E-state index contributed by atoms with van der Waals surface area (Å²) in [7, 11) is 0. The van der Waals surface area contributed by atoms with Crippen molar-refractivity contribution in [3.05, 3.63) is 17.0 Å². The van der Waals surface area contributed by atoms with Crippen LogP contribution in [0.5, 0.6) is 0 Å². The Kier molecular flexibility index (Phi) is 3.03. The number of carboxylic acids is 1. The van der Waals surface area contributed by atoms with Crippen LogP contribution < -0.4 is 4.90 Å². The zero-order chi connectivity index (χ0) is 12.6. The molecule has 17 heavy (non-hydrogen) atoms. The maximum absolute atomic E-state index is 12.4. The largest absolute Gasteiger partial charge is 0.477 e. The minimum absolute atomic E-state index is 0.0628. The maximum atomic E-state index is 12.4. The highest BCUT2D eigenvalue weighted by molar-refractivity contribution is 7.17. The van der Waals surface area contributed by atoms with Gasteiger partial charge in [0.15, 0.2) is 0 Å². The molecule has 0 atom stereocenters. The van der Waals surface area contributed by atoms with E-state index in [1.165, 1.54) is 17.0 Å². The van der Waals surface area contributed by atoms with Crippen LogP contribution in [0, 0.1) is 0 Å². The fourth-order valence-corrected chi connectivity index (χ4v) is 2.48. The molecule has 1 N–H and O–H groups in total. The molecule has 94 valence electrons. The van der Waals surface area contributed by atoms with Crippen molar-refractivity contribution in [3.63, 3.8) is 0 Å². The van der Waals surface area contributed by atoms with Gasteiger partial charge in [-0.1, -0.05) is 0 Å². The summed E-state index contributed by atoms with van der Waals surface area (Å²) in [4.78, 5) is 12.0. The summed E-state index contributed by atoms with van der Waals surface area (Å²) in [5.41, 5.74) is 0. The molecule has 0 bridgehead atoms. The Labute approximate surface area is 99.5 Å². The summed E-state index contributed by atoms with van der Waals surface area (Å²) in [5.74, 6) is -1.11. The number of hydrogen-bond acceptors (Lipinski definition) is 3. The Bertz CT molecular complexity index is 425. The predicted molar refractivity (Wildman–Crippen MR) is 57.7 cm³/mol. The van der Waals surface area contributed by atoms with Crippen molar-refractivity contribution in [2.75, 3.05) is 11.4 Å². The Morgan fingerprint density at radius 2 is 2.12 bits per heavy atom. The minimum Gasteiger partial charge on any atom is -0.477 e. The van der Waals surface area contributed by atoms with Gasteiger partial charge in [0.1, 0.15) is 11.4 Å². The standard InChI is InChI=1S/C10H10F3NO2S/c11-10(12,13)5-14(6-1-2-6)8-4-3-7(17-8)9(15)16/h3-4,6H,1-2,5H2,(H,15,16). The molecule has 0 radical (unpaired) electrons. The third-order valence-electron chi connectivity index (χ3n) is 2.42. The summed E-state index contributed by atoms with van der Waals surface area (Å²) in [6.07, 6.45) is -2.80. The van der Waals surface area contributed by atoms with Gasteiger partial charge in [0, 0.05) is 6.04 Å². The van der Waals surface area contributed by atoms with Crippen LogP contribution in [0.15, 0.2) is 12.1 Å². The van der Waals surface area contributed by atoms with Crippen molar-refractivity contribution < 1.29 is 23.1 Å². The molecule has 7 heteroatoms. The van der Waals surface area contributed by atoms with Gasteiger partial charge in [0.05, 0.1) is 5.00 Å². The molecule has 2 rings (SSSR count). The first-order chi connectivity index (χ1) is 7.87. The van der Waals surface area contributed by atoms with Crippen LogP contribution in [0.25, 0.3) is 0 Å². The number of halogens is 3. The lowest BCUT2D eigenvalue weighted by Gasteiger charge is -2.23. The van der Waals surface area contributed by atoms with Crippen LogP contribution in [-0.4, -0.2) is 29.8 Å². The van der Waals surface area contributed by atoms with Crippen LogP contribution in [0.3, 0.4) is 0 Å². The first kappa shape index (κ1) is 12.2. The van der Waals surface area contributed by atoms with Crippen molar-refractivity contribution in [2.45, 2.75) is 25.1 Å². The smallest absolute Gasteiger partial charge is 0.405 e. The van der Waals surface area contributed by atoms with E-state index in [2.05, 4.69) is 0 Å². The monoisotopic (exact) mass is 265 g/mol. The fraction of sp³-hybridized carbons (Fsp3) is 0.500. The van der Waals surface area contributed by atoms with E-state index in [4.69, 9.17) is 5.11 Å². The first-order valence-corrected chi connectivity index (χ1v) is 5.85. The number of thiophene rings is 1. The van der Waals surface area contributed by atoms with Crippen LogP contribution in [0.4, 0.5) is 18.2 Å². The second kappa shape index (κ2) is 4.21. The number of carbonyl (C=O) groups is 1. The highest BCUT2D eigenvalue weighted by Gasteiger charge is 2.38. The molecule has 0 spiro atoms. The molecule has 0 saturated heterocycles. The normalized spacial score (nSPS) is 15.9. The minimum atomic E-state index is -4.27. The van der Waals surface area contributed by atoms with E-state index in [9.17, 15) is 18.0 Å². The second-order valence-corrected chi connectivity index (χ2v) is 4.98. The molecule has 3 nitrogen and oxygen atoms in total. The number of hydrogen-bond donors (Lipinski definition) is 1.